The molecule has 0 saturated carbocycles. The summed E-state index contributed by atoms with van der Waals surface area (Å²) in [6, 6.07) is 14.8. The fourth-order valence-electron chi connectivity index (χ4n) is 2.17. The molecule has 0 saturated heterocycles. The lowest BCUT2D eigenvalue weighted by Gasteiger charge is -2.23. The smallest absolute Gasteiger partial charge is 0.130 e. The Balaban J connectivity index is 1.87. The molecule has 21 heavy (non-hydrogen) atoms. The minimum atomic E-state index is 0.509. The first-order valence-electron chi connectivity index (χ1n) is 7.51. The summed E-state index contributed by atoms with van der Waals surface area (Å²) in [6.45, 7) is 6.03. The molecule has 1 atom stereocenters. The van der Waals surface area contributed by atoms with Gasteiger partial charge in [-0.05, 0) is 56.8 Å². The molecule has 0 radical (unpaired) electrons. The Labute approximate surface area is 127 Å². The number of nitrogens with zero attached hydrogens (tertiary/aromatic N) is 2. The van der Waals surface area contributed by atoms with Crippen molar-refractivity contribution >= 4 is 0 Å². The van der Waals surface area contributed by atoms with Crippen LogP contribution in [0.5, 0.6) is 5.75 Å². The number of hydrogen-bond acceptors (Lipinski definition) is 3. The van der Waals surface area contributed by atoms with E-state index in [1.165, 1.54) is 5.56 Å². The van der Waals surface area contributed by atoms with Crippen LogP contribution >= 0.6 is 0 Å². The van der Waals surface area contributed by atoms with Gasteiger partial charge < -0.3 is 9.64 Å². The summed E-state index contributed by atoms with van der Waals surface area (Å²) < 4.78 is 5.75. The number of pyridine rings is 1. The van der Waals surface area contributed by atoms with Crippen molar-refractivity contribution < 1.29 is 4.74 Å². The summed E-state index contributed by atoms with van der Waals surface area (Å²) >= 11 is 0. The predicted molar refractivity (Wildman–Crippen MR) is 86.5 cm³/mol. The molecular formula is C18H24N2O. The quantitative estimate of drug-likeness (QED) is 0.777. The highest BCUT2D eigenvalue weighted by atomic mass is 16.5. The highest BCUT2D eigenvalue weighted by Gasteiger charge is 2.08. The Morgan fingerprint density at radius 2 is 1.90 bits per heavy atom. The first kappa shape index (κ1) is 15.5. The maximum Gasteiger partial charge on any atom is 0.130 e. The monoisotopic (exact) mass is 284 g/mol. The zero-order valence-electron chi connectivity index (χ0n) is 13.1. The van der Waals surface area contributed by atoms with E-state index in [2.05, 4.69) is 42.9 Å². The predicted octanol–water partition coefficient (Wildman–Crippen LogP) is 3.54. The van der Waals surface area contributed by atoms with E-state index >= 15 is 0 Å². The average molecular weight is 284 g/mol. The second-order valence-corrected chi connectivity index (χ2v) is 5.38. The SMILES string of the molecule is CCN(C)[C@H](C)Cc1ccc(OCc2ccccn2)cc1. The normalized spacial score (nSPS) is 12.4. The van der Waals surface area contributed by atoms with Gasteiger partial charge in [0.2, 0.25) is 0 Å². The highest BCUT2D eigenvalue weighted by molar-refractivity contribution is 5.28. The molecule has 2 rings (SSSR count). The van der Waals surface area contributed by atoms with Crippen LogP contribution in [0.25, 0.3) is 0 Å². The Hall–Kier alpha value is -1.87. The van der Waals surface area contributed by atoms with Crippen LogP contribution in [0.1, 0.15) is 25.1 Å². The molecule has 2 aromatic rings. The van der Waals surface area contributed by atoms with Gasteiger partial charge in [0.15, 0.2) is 0 Å². The molecule has 0 unspecified atom stereocenters. The fraction of sp³-hybridized carbons (Fsp3) is 0.389. The second-order valence-electron chi connectivity index (χ2n) is 5.38. The summed E-state index contributed by atoms with van der Waals surface area (Å²) in [5.41, 5.74) is 2.28. The van der Waals surface area contributed by atoms with Crippen molar-refractivity contribution in [2.45, 2.75) is 32.9 Å². The van der Waals surface area contributed by atoms with Crippen LogP contribution in [-0.4, -0.2) is 29.5 Å². The summed E-state index contributed by atoms with van der Waals surface area (Å²) in [5.74, 6) is 0.890. The molecule has 0 bridgehead atoms. The number of rotatable bonds is 7. The van der Waals surface area contributed by atoms with Gasteiger partial charge in [-0.25, -0.2) is 0 Å². The highest BCUT2D eigenvalue weighted by Crippen LogP contribution is 2.15. The lowest BCUT2D eigenvalue weighted by molar-refractivity contribution is 0.269. The van der Waals surface area contributed by atoms with E-state index in [9.17, 15) is 0 Å². The molecular weight excluding hydrogens is 260 g/mol. The minimum absolute atomic E-state index is 0.509. The van der Waals surface area contributed by atoms with Crippen LogP contribution in [-0.2, 0) is 13.0 Å². The maximum absolute atomic E-state index is 5.75. The molecule has 0 aliphatic rings. The molecule has 3 nitrogen and oxygen atoms in total. The van der Waals surface area contributed by atoms with E-state index < -0.39 is 0 Å². The standard InChI is InChI=1S/C18H24N2O/c1-4-20(3)15(2)13-16-8-10-18(11-9-16)21-14-17-7-5-6-12-19-17/h5-12,15H,4,13-14H2,1-3H3/t15-/m1/s1. The van der Waals surface area contributed by atoms with Crippen LogP contribution in [0.3, 0.4) is 0 Å². The number of hydrogen-bond donors (Lipinski definition) is 0. The van der Waals surface area contributed by atoms with Crippen LogP contribution in [0.2, 0.25) is 0 Å². The van der Waals surface area contributed by atoms with Crippen molar-refractivity contribution in [2.24, 2.45) is 0 Å². The Morgan fingerprint density at radius 1 is 1.14 bits per heavy atom. The molecule has 0 aliphatic carbocycles. The molecule has 0 N–H and O–H groups in total. The van der Waals surface area contributed by atoms with Crippen molar-refractivity contribution in [3.8, 4) is 5.75 Å². The second kappa shape index (κ2) is 7.79. The zero-order valence-corrected chi connectivity index (χ0v) is 13.1. The third-order valence-corrected chi connectivity index (χ3v) is 3.82. The first-order valence-corrected chi connectivity index (χ1v) is 7.51. The van der Waals surface area contributed by atoms with E-state index in [4.69, 9.17) is 4.74 Å². The number of benzene rings is 1. The van der Waals surface area contributed by atoms with Crippen molar-refractivity contribution in [1.82, 2.24) is 9.88 Å². The lowest BCUT2D eigenvalue weighted by atomic mass is 10.1. The maximum atomic E-state index is 5.75. The summed E-state index contributed by atoms with van der Waals surface area (Å²) in [5, 5.41) is 0. The molecule has 3 heteroatoms. The molecule has 112 valence electrons. The van der Waals surface area contributed by atoms with E-state index in [-0.39, 0.29) is 0 Å². The van der Waals surface area contributed by atoms with Crippen LogP contribution in [0, 0.1) is 0 Å². The third kappa shape index (κ3) is 4.87. The van der Waals surface area contributed by atoms with Gasteiger partial charge in [-0.1, -0.05) is 25.1 Å². The summed E-state index contributed by atoms with van der Waals surface area (Å²) in [6.07, 6.45) is 2.85. The van der Waals surface area contributed by atoms with Crippen molar-refractivity contribution in [3.63, 3.8) is 0 Å². The Morgan fingerprint density at radius 3 is 2.52 bits per heavy atom. The average Bonchev–Trinajstić information content (AvgIpc) is 2.54. The van der Waals surface area contributed by atoms with Gasteiger partial charge in [0.05, 0.1) is 5.69 Å². The van der Waals surface area contributed by atoms with E-state index in [0.717, 1.165) is 24.4 Å². The van der Waals surface area contributed by atoms with Crippen molar-refractivity contribution in [3.05, 3.63) is 59.9 Å². The van der Waals surface area contributed by atoms with Gasteiger partial charge in [-0.3, -0.25) is 4.98 Å². The number of ether oxygens (including phenoxy) is 1. The number of likely N-dealkylation sites (N-methyl/N-ethyl adjacent to an activating group) is 1. The van der Waals surface area contributed by atoms with Gasteiger partial charge in [-0.2, -0.15) is 0 Å². The minimum Gasteiger partial charge on any atom is -0.487 e. The fourth-order valence-corrected chi connectivity index (χ4v) is 2.17. The number of aromatic nitrogens is 1. The third-order valence-electron chi connectivity index (χ3n) is 3.82. The summed E-state index contributed by atoms with van der Waals surface area (Å²) in [4.78, 5) is 6.60. The van der Waals surface area contributed by atoms with E-state index in [0.29, 0.717) is 12.6 Å². The topological polar surface area (TPSA) is 25.4 Å². The largest absolute Gasteiger partial charge is 0.487 e. The van der Waals surface area contributed by atoms with Gasteiger partial charge in [-0.15, -0.1) is 0 Å². The molecule has 1 aromatic carbocycles. The van der Waals surface area contributed by atoms with Crippen LogP contribution in [0.15, 0.2) is 48.7 Å². The first-order chi connectivity index (χ1) is 10.2. The summed E-state index contributed by atoms with van der Waals surface area (Å²) in [7, 11) is 2.16. The van der Waals surface area contributed by atoms with Crippen molar-refractivity contribution in [1.29, 1.82) is 0 Å². The van der Waals surface area contributed by atoms with Gasteiger partial charge in [0, 0.05) is 12.2 Å². The van der Waals surface area contributed by atoms with Gasteiger partial charge in [0.25, 0.3) is 0 Å². The molecule has 0 spiro atoms. The molecule has 0 fully saturated rings. The lowest BCUT2D eigenvalue weighted by Crippen LogP contribution is -2.30. The zero-order chi connectivity index (χ0) is 15.1. The Kier molecular flexibility index (Phi) is 5.76. The van der Waals surface area contributed by atoms with E-state index in [1.807, 2.05) is 30.3 Å². The van der Waals surface area contributed by atoms with Crippen molar-refractivity contribution in [2.75, 3.05) is 13.6 Å². The molecule has 0 amide bonds. The molecule has 0 aliphatic heterocycles. The molecule has 1 aromatic heterocycles. The molecule has 1 heterocycles. The van der Waals surface area contributed by atoms with Gasteiger partial charge in [0.1, 0.15) is 12.4 Å². The van der Waals surface area contributed by atoms with Gasteiger partial charge >= 0.3 is 0 Å². The van der Waals surface area contributed by atoms with Crippen LogP contribution < -0.4 is 4.74 Å². The van der Waals surface area contributed by atoms with E-state index in [1.54, 1.807) is 6.20 Å². The van der Waals surface area contributed by atoms with Crippen LogP contribution in [0.4, 0.5) is 0 Å². The Bertz CT molecular complexity index is 525.